The first-order chi connectivity index (χ1) is 6.68. The fraction of sp³-hybridized carbons (Fsp3) is 0.417. The highest BCUT2D eigenvalue weighted by atomic mass is 16.2. The maximum Gasteiger partial charge on any atom is 0.253 e. The zero-order chi connectivity index (χ0) is 10.1. The monoisotopic (exact) mass is 189 g/mol. The molecule has 2 heteroatoms. The second-order valence-electron chi connectivity index (χ2n) is 4.07. The minimum atomic E-state index is 0.167. The van der Waals surface area contributed by atoms with Gasteiger partial charge in [0.1, 0.15) is 0 Å². The van der Waals surface area contributed by atoms with Gasteiger partial charge in [-0.25, -0.2) is 0 Å². The van der Waals surface area contributed by atoms with Crippen molar-refractivity contribution >= 4 is 5.91 Å². The van der Waals surface area contributed by atoms with Gasteiger partial charge >= 0.3 is 0 Å². The summed E-state index contributed by atoms with van der Waals surface area (Å²) < 4.78 is 0. The first-order valence-electron chi connectivity index (χ1n) is 5.07. The third-order valence-corrected chi connectivity index (χ3v) is 2.56. The smallest absolute Gasteiger partial charge is 0.253 e. The molecule has 2 rings (SSSR count). The van der Waals surface area contributed by atoms with Crippen molar-refractivity contribution in [1.82, 2.24) is 4.90 Å². The van der Waals surface area contributed by atoms with Crippen LogP contribution in [0.4, 0.5) is 0 Å². The molecule has 2 nitrogen and oxygen atoms in total. The van der Waals surface area contributed by atoms with Gasteiger partial charge in [0.15, 0.2) is 0 Å². The lowest BCUT2D eigenvalue weighted by Crippen LogP contribution is -2.10. The van der Waals surface area contributed by atoms with Crippen LogP contribution in [0, 0.1) is 0 Å². The number of hydrogen-bond acceptors (Lipinski definition) is 1. The molecule has 1 amide bonds. The van der Waals surface area contributed by atoms with E-state index in [-0.39, 0.29) is 5.91 Å². The van der Waals surface area contributed by atoms with Crippen molar-refractivity contribution in [3.05, 3.63) is 35.4 Å². The number of nitrogens with zero attached hydrogens (tertiary/aromatic N) is 1. The molecular formula is C12H15NO. The van der Waals surface area contributed by atoms with Crippen molar-refractivity contribution in [2.75, 3.05) is 13.1 Å². The van der Waals surface area contributed by atoms with Crippen LogP contribution in [0.2, 0.25) is 0 Å². The van der Waals surface area contributed by atoms with Gasteiger partial charge in [-0.2, -0.15) is 0 Å². The molecule has 1 aliphatic rings. The Kier molecular flexibility index (Phi) is 2.28. The quantitative estimate of drug-likeness (QED) is 0.653. The second kappa shape index (κ2) is 3.45. The van der Waals surface area contributed by atoms with E-state index in [1.165, 1.54) is 5.56 Å². The standard InChI is InChI=1S/C12H15NO/c1-9(2)10-3-5-11(6-4-10)12(14)13-7-8-13/h3-6,9H,7-8H2,1-2H3. The van der Waals surface area contributed by atoms with Crippen molar-refractivity contribution in [1.29, 1.82) is 0 Å². The Morgan fingerprint density at radius 2 is 1.79 bits per heavy atom. The molecule has 0 N–H and O–H groups in total. The molecule has 0 spiro atoms. The van der Waals surface area contributed by atoms with Gasteiger partial charge in [-0.05, 0) is 23.6 Å². The summed E-state index contributed by atoms with van der Waals surface area (Å²) in [5, 5.41) is 0. The SMILES string of the molecule is CC(C)c1ccc(C(=O)N2CC2)cc1. The fourth-order valence-electron chi connectivity index (χ4n) is 1.45. The molecule has 1 saturated heterocycles. The Bertz CT molecular complexity index is 336. The van der Waals surface area contributed by atoms with Crippen molar-refractivity contribution < 1.29 is 4.79 Å². The molecule has 0 atom stereocenters. The number of amides is 1. The van der Waals surface area contributed by atoms with Crippen molar-refractivity contribution in [2.24, 2.45) is 0 Å². The minimum absolute atomic E-state index is 0.167. The van der Waals surface area contributed by atoms with Crippen LogP contribution in [0.15, 0.2) is 24.3 Å². The van der Waals surface area contributed by atoms with Gasteiger partial charge in [0.05, 0.1) is 0 Å². The summed E-state index contributed by atoms with van der Waals surface area (Å²) in [5.41, 5.74) is 2.10. The maximum atomic E-state index is 11.6. The molecule has 1 aromatic rings. The van der Waals surface area contributed by atoms with E-state index < -0.39 is 0 Å². The van der Waals surface area contributed by atoms with Crippen LogP contribution in [0.25, 0.3) is 0 Å². The Labute approximate surface area is 84.5 Å². The summed E-state index contributed by atoms with van der Waals surface area (Å²) in [4.78, 5) is 13.5. The van der Waals surface area contributed by atoms with Crippen LogP contribution in [-0.4, -0.2) is 23.9 Å². The predicted octanol–water partition coefficient (Wildman–Crippen LogP) is 2.27. The van der Waals surface area contributed by atoms with Crippen molar-refractivity contribution in [3.8, 4) is 0 Å². The third-order valence-electron chi connectivity index (χ3n) is 2.56. The summed E-state index contributed by atoms with van der Waals surface area (Å²) in [5.74, 6) is 0.695. The summed E-state index contributed by atoms with van der Waals surface area (Å²) in [6.45, 7) is 6.15. The van der Waals surface area contributed by atoms with E-state index in [9.17, 15) is 4.79 Å². The van der Waals surface area contributed by atoms with Crippen molar-refractivity contribution in [2.45, 2.75) is 19.8 Å². The minimum Gasteiger partial charge on any atom is -0.335 e. The zero-order valence-corrected chi connectivity index (χ0v) is 8.66. The normalized spacial score (nSPS) is 14.6. The van der Waals surface area contributed by atoms with Gasteiger partial charge in [0.25, 0.3) is 5.91 Å². The molecule has 14 heavy (non-hydrogen) atoms. The van der Waals surface area contributed by atoms with E-state index in [1.54, 1.807) is 0 Å². The predicted molar refractivity (Wildman–Crippen MR) is 56.4 cm³/mol. The van der Waals surface area contributed by atoms with Crippen LogP contribution >= 0.6 is 0 Å². The lowest BCUT2D eigenvalue weighted by Gasteiger charge is -2.06. The van der Waals surface area contributed by atoms with Gasteiger partial charge in [-0.1, -0.05) is 26.0 Å². The maximum absolute atomic E-state index is 11.6. The number of rotatable bonds is 2. The van der Waals surface area contributed by atoms with Gasteiger partial charge in [-0.15, -0.1) is 0 Å². The van der Waals surface area contributed by atoms with Gasteiger partial charge in [0.2, 0.25) is 0 Å². The van der Waals surface area contributed by atoms with E-state index in [0.717, 1.165) is 18.7 Å². The first kappa shape index (κ1) is 9.25. The Hall–Kier alpha value is -1.31. The lowest BCUT2D eigenvalue weighted by atomic mass is 10.0. The molecule has 0 aliphatic carbocycles. The molecule has 0 saturated carbocycles. The third kappa shape index (κ3) is 1.79. The highest BCUT2D eigenvalue weighted by Crippen LogP contribution is 2.17. The molecule has 1 aromatic carbocycles. The summed E-state index contributed by atoms with van der Waals surface area (Å²) in [6, 6.07) is 7.94. The molecule has 1 heterocycles. The van der Waals surface area contributed by atoms with E-state index >= 15 is 0 Å². The molecule has 0 radical (unpaired) electrons. The van der Waals surface area contributed by atoms with Crippen LogP contribution in [0.3, 0.4) is 0 Å². The van der Waals surface area contributed by atoms with Gasteiger partial charge < -0.3 is 4.90 Å². The largest absolute Gasteiger partial charge is 0.335 e. The first-order valence-corrected chi connectivity index (χ1v) is 5.07. The number of carbonyl (C=O) groups is 1. The topological polar surface area (TPSA) is 20.1 Å². The van der Waals surface area contributed by atoms with Crippen LogP contribution in [0.1, 0.15) is 35.7 Å². The highest BCUT2D eigenvalue weighted by molar-refractivity contribution is 5.95. The summed E-state index contributed by atoms with van der Waals surface area (Å²) >= 11 is 0. The molecule has 74 valence electrons. The molecule has 1 aliphatic heterocycles. The summed E-state index contributed by atoms with van der Waals surface area (Å²) in [7, 11) is 0. The van der Waals surface area contributed by atoms with Crippen molar-refractivity contribution in [3.63, 3.8) is 0 Å². The lowest BCUT2D eigenvalue weighted by molar-refractivity contribution is 0.0885. The second-order valence-corrected chi connectivity index (χ2v) is 4.07. The molecular weight excluding hydrogens is 174 g/mol. The Morgan fingerprint density at radius 3 is 2.21 bits per heavy atom. The van der Waals surface area contributed by atoms with Gasteiger partial charge in [-0.3, -0.25) is 4.79 Å². The number of benzene rings is 1. The zero-order valence-electron chi connectivity index (χ0n) is 8.66. The van der Waals surface area contributed by atoms with E-state index in [2.05, 4.69) is 13.8 Å². The molecule has 0 aromatic heterocycles. The van der Waals surface area contributed by atoms with Crippen LogP contribution < -0.4 is 0 Å². The van der Waals surface area contributed by atoms with E-state index in [4.69, 9.17) is 0 Å². The highest BCUT2D eigenvalue weighted by Gasteiger charge is 2.24. The molecule has 0 bridgehead atoms. The number of hydrogen-bond donors (Lipinski definition) is 0. The van der Waals surface area contributed by atoms with Crippen LogP contribution in [0.5, 0.6) is 0 Å². The van der Waals surface area contributed by atoms with Crippen LogP contribution in [-0.2, 0) is 0 Å². The Morgan fingerprint density at radius 1 is 1.21 bits per heavy atom. The van der Waals surface area contributed by atoms with E-state index in [1.807, 2.05) is 29.2 Å². The summed E-state index contributed by atoms with van der Waals surface area (Å²) in [6.07, 6.45) is 0. The molecule has 1 fully saturated rings. The fourth-order valence-corrected chi connectivity index (χ4v) is 1.45. The van der Waals surface area contributed by atoms with E-state index in [0.29, 0.717) is 5.92 Å². The Balaban J connectivity index is 2.16. The molecule has 0 unspecified atom stereocenters. The van der Waals surface area contributed by atoms with Gasteiger partial charge in [0, 0.05) is 18.7 Å². The number of carbonyl (C=O) groups excluding carboxylic acids is 1. The average molecular weight is 189 g/mol. The average Bonchev–Trinajstić information content (AvgIpc) is 3.00.